The molecule has 5 rings (SSSR count). The number of fused-ring (bicyclic) bond motifs is 1. The number of hydrogen-bond donors (Lipinski definition) is 0. The van der Waals surface area contributed by atoms with Gasteiger partial charge in [-0.25, -0.2) is 0 Å². The van der Waals surface area contributed by atoms with Crippen LogP contribution in [0.3, 0.4) is 0 Å². The summed E-state index contributed by atoms with van der Waals surface area (Å²) in [5.41, 5.74) is 3.39. The van der Waals surface area contributed by atoms with Gasteiger partial charge in [0.15, 0.2) is 0 Å². The summed E-state index contributed by atoms with van der Waals surface area (Å²) in [6, 6.07) is 12.2. The van der Waals surface area contributed by atoms with E-state index in [1.165, 1.54) is 4.90 Å². The maximum atomic E-state index is 12.8. The van der Waals surface area contributed by atoms with E-state index < -0.39 is 11.9 Å². The van der Waals surface area contributed by atoms with Crippen LogP contribution in [-0.4, -0.2) is 30.2 Å². The van der Waals surface area contributed by atoms with Gasteiger partial charge in [0, 0.05) is 18.7 Å². The summed E-state index contributed by atoms with van der Waals surface area (Å²) in [5.74, 6) is -1.79. The molecule has 3 aliphatic rings. The first-order valence-corrected chi connectivity index (χ1v) is 11.6. The van der Waals surface area contributed by atoms with E-state index in [9.17, 15) is 19.2 Å². The van der Waals surface area contributed by atoms with Crippen molar-refractivity contribution in [2.75, 3.05) is 16.3 Å². The van der Waals surface area contributed by atoms with Gasteiger partial charge in [-0.05, 0) is 68.1 Å². The van der Waals surface area contributed by atoms with E-state index in [4.69, 9.17) is 4.74 Å². The Morgan fingerprint density at radius 1 is 0.912 bits per heavy atom. The van der Waals surface area contributed by atoms with E-state index in [-0.39, 0.29) is 42.5 Å². The molecule has 0 N–H and O–H groups in total. The number of carbonyl (C=O) groups excluding carboxylic acids is 4. The zero-order chi connectivity index (χ0) is 24.0. The second-order valence-electron chi connectivity index (χ2n) is 9.21. The molecule has 2 saturated heterocycles. The fourth-order valence-corrected chi connectivity index (χ4v) is 5.04. The third-order valence-corrected chi connectivity index (χ3v) is 7.15. The number of benzene rings is 2. The minimum atomic E-state index is -0.565. The predicted molar refractivity (Wildman–Crippen MR) is 126 cm³/mol. The van der Waals surface area contributed by atoms with E-state index in [2.05, 4.69) is 0 Å². The SMILES string of the molecule is Cc1cccc(N2C[C@H](C(=O)Oc3ccc(N4C(=O)[C@@H]5CC=CC[C@H]5C4=O)cc3)CC2=O)c1C. The average Bonchev–Trinajstić information content (AvgIpc) is 3.34. The molecule has 0 aromatic heterocycles. The number of anilines is 2. The smallest absolute Gasteiger partial charge is 0.316 e. The second-order valence-corrected chi connectivity index (χ2v) is 9.21. The van der Waals surface area contributed by atoms with E-state index in [0.717, 1.165) is 16.8 Å². The van der Waals surface area contributed by atoms with Gasteiger partial charge < -0.3 is 9.64 Å². The van der Waals surface area contributed by atoms with Crippen molar-refractivity contribution < 1.29 is 23.9 Å². The lowest BCUT2D eigenvalue weighted by Gasteiger charge is -2.20. The molecule has 2 heterocycles. The minimum absolute atomic E-state index is 0.0951. The highest BCUT2D eigenvalue weighted by Crippen LogP contribution is 2.38. The number of amides is 3. The molecule has 0 saturated carbocycles. The summed E-state index contributed by atoms with van der Waals surface area (Å²) in [4.78, 5) is 53.8. The number of rotatable bonds is 4. The molecule has 3 atom stereocenters. The van der Waals surface area contributed by atoms with Crippen LogP contribution in [0, 0.1) is 31.6 Å². The van der Waals surface area contributed by atoms with Crippen molar-refractivity contribution in [3.05, 3.63) is 65.7 Å². The molecule has 0 radical (unpaired) electrons. The predicted octanol–water partition coefficient (Wildman–Crippen LogP) is 3.72. The fraction of sp³-hybridized carbons (Fsp3) is 0.333. The average molecular weight is 459 g/mol. The number of hydrogen-bond acceptors (Lipinski definition) is 5. The van der Waals surface area contributed by atoms with Crippen LogP contribution in [-0.2, 0) is 19.2 Å². The van der Waals surface area contributed by atoms with Gasteiger partial charge in [0.2, 0.25) is 17.7 Å². The number of carbonyl (C=O) groups is 4. The highest BCUT2D eigenvalue weighted by Gasteiger charge is 2.47. The molecule has 2 fully saturated rings. The summed E-state index contributed by atoms with van der Waals surface area (Å²) < 4.78 is 5.53. The molecule has 0 spiro atoms. The van der Waals surface area contributed by atoms with E-state index in [1.54, 1.807) is 29.2 Å². The van der Waals surface area contributed by atoms with Gasteiger partial charge in [0.05, 0.1) is 23.4 Å². The van der Waals surface area contributed by atoms with Gasteiger partial charge in [0.1, 0.15) is 5.75 Å². The summed E-state index contributed by atoms with van der Waals surface area (Å²) >= 11 is 0. The molecular formula is C27H26N2O5. The Morgan fingerprint density at radius 2 is 1.56 bits per heavy atom. The number of ether oxygens (including phenoxy) is 1. The maximum Gasteiger partial charge on any atom is 0.316 e. The van der Waals surface area contributed by atoms with Gasteiger partial charge in [-0.15, -0.1) is 0 Å². The van der Waals surface area contributed by atoms with Crippen LogP contribution in [0.5, 0.6) is 5.75 Å². The van der Waals surface area contributed by atoms with E-state index in [1.807, 2.05) is 44.2 Å². The number of esters is 1. The van der Waals surface area contributed by atoms with E-state index >= 15 is 0 Å². The van der Waals surface area contributed by atoms with Crippen molar-refractivity contribution in [3.8, 4) is 5.75 Å². The molecule has 2 aromatic carbocycles. The van der Waals surface area contributed by atoms with Crippen LogP contribution < -0.4 is 14.5 Å². The Balaban J connectivity index is 1.25. The third-order valence-electron chi connectivity index (χ3n) is 7.15. The Bertz CT molecular complexity index is 1190. The van der Waals surface area contributed by atoms with Crippen LogP contribution >= 0.6 is 0 Å². The molecule has 0 bridgehead atoms. The van der Waals surface area contributed by atoms with Gasteiger partial charge in [-0.1, -0.05) is 24.3 Å². The van der Waals surface area contributed by atoms with Gasteiger partial charge in [-0.3, -0.25) is 24.1 Å². The lowest BCUT2D eigenvalue weighted by atomic mass is 9.85. The molecule has 7 nitrogen and oxygen atoms in total. The Hall–Kier alpha value is -3.74. The van der Waals surface area contributed by atoms with E-state index in [0.29, 0.717) is 24.3 Å². The van der Waals surface area contributed by atoms with Crippen molar-refractivity contribution in [1.82, 2.24) is 0 Å². The topological polar surface area (TPSA) is 84.0 Å². The highest BCUT2D eigenvalue weighted by molar-refractivity contribution is 6.22. The van der Waals surface area contributed by atoms with Crippen molar-refractivity contribution in [3.63, 3.8) is 0 Å². The molecule has 2 aromatic rings. The van der Waals surface area contributed by atoms with Gasteiger partial charge >= 0.3 is 5.97 Å². The lowest BCUT2D eigenvalue weighted by molar-refractivity contribution is -0.139. The van der Waals surface area contributed by atoms with Crippen LogP contribution in [0.4, 0.5) is 11.4 Å². The molecular weight excluding hydrogens is 432 g/mol. The molecule has 2 aliphatic heterocycles. The zero-order valence-electron chi connectivity index (χ0n) is 19.2. The first kappa shape index (κ1) is 22.1. The van der Waals surface area contributed by atoms with Crippen LogP contribution in [0.1, 0.15) is 30.4 Å². The number of nitrogens with zero attached hydrogens (tertiary/aromatic N) is 2. The quantitative estimate of drug-likeness (QED) is 0.302. The molecule has 1 aliphatic carbocycles. The Kier molecular flexibility index (Phi) is 5.55. The molecule has 7 heteroatoms. The van der Waals surface area contributed by atoms with Crippen molar-refractivity contribution in [2.24, 2.45) is 17.8 Å². The first-order chi connectivity index (χ1) is 16.3. The summed E-state index contributed by atoms with van der Waals surface area (Å²) in [5, 5.41) is 0. The number of allylic oxidation sites excluding steroid dienone is 2. The first-order valence-electron chi connectivity index (χ1n) is 11.6. The summed E-state index contributed by atoms with van der Waals surface area (Å²) in [6.45, 7) is 4.23. The maximum absolute atomic E-state index is 12.8. The normalized spacial score (nSPS) is 24.1. The molecule has 3 amide bonds. The van der Waals surface area contributed by atoms with Crippen LogP contribution in [0.15, 0.2) is 54.6 Å². The number of imide groups is 1. The van der Waals surface area contributed by atoms with Crippen LogP contribution in [0.2, 0.25) is 0 Å². The molecule has 174 valence electrons. The monoisotopic (exact) mass is 458 g/mol. The summed E-state index contributed by atoms with van der Waals surface area (Å²) in [7, 11) is 0. The zero-order valence-corrected chi connectivity index (χ0v) is 19.2. The number of aryl methyl sites for hydroxylation is 1. The second kappa shape index (κ2) is 8.56. The highest BCUT2D eigenvalue weighted by atomic mass is 16.5. The third kappa shape index (κ3) is 3.71. The van der Waals surface area contributed by atoms with Crippen molar-refractivity contribution in [1.29, 1.82) is 0 Å². The largest absolute Gasteiger partial charge is 0.426 e. The minimum Gasteiger partial charge on any atom is -0.426 e. The lowest BCUT2D eigenvalue weighted by Crippen LogP contribution is -2.30. The Labute approximate surface area is 198 Å². The Morgan fingerprint density at radius 3 is 2.21 bits per heavy atom. The molecule has 0 unspecified atom stereocenters. The van der Waals surface area contributed by atoms with Crippen LogP contribution in [0.25, 0.3) is 0 Å². The van der Waals surface area contributed by atoms with Gasteiger partial charge in [0.25, 0.3) is 0 Å². The summed E-state index contributed by atoms with van der Waals surface area (Å²) in [6.07, 6.45) is 5.17. The molecule has 34 heavy (non-hydrogen) atoms. The van der Waals surface area contributed by atoms with Gasteiger partial charge in [-0.2, -0.15) is 0 Å². The standard InChI is InChI=1S/C27H26N2O5/c1-16-6-5-9-23(17(16)2)28-15-18(14-24(28)30)27(33)34-20-12-10-19(11-13-20)29-25(31)21-7-3-4-8-22(21)26(29)32/h3-6,9-13,18,21-22H,7-8,14-15H2,1-2H3/t18-,21-,22-/m1/s1. The van der Waals surface area contributed by atoms with Crippen molar-refractivity contribution >= 4 is 35.1 Å². The van der Waals surface area contributed by atoms with Crippen molar-refractivity contribution in [2.45, 2.75) is 33.1 Å². The fourth-order valence-electron chi connectivity index (χ4n) is 5.04.